The smallest absolute Gasteiger partial charge is 0.242 e. The zero-order chi connectivity index (χ0) is 22.2. The Hall–Kier alpha value is -2.29. The number of hydrogen-bond acceptors (Lipinski definition) is 4. The van der Waals surface area contributed by atoms with Gasteiger partial charge in [-0.3, -0.25) is 9.69 Å². The molecule has 0 saturated carbocycles. The number of amides is 1. The van der Waals surface area contributed by atoms with Gasteiger partial charge in [-0.05, 0) is 73.8 Å². The molecule has 0 N–H and O–H groups in total. The molecule has 1 fully saturated rings. The summed E-state index contributed by atoms with van der Waals surface area (Å²) >= 11 is 0. The molecule has 1 saturated heterocycles. The standard InChI is InChI=1S/C23H28FN3O3S/c1-25(2)31(29,30)21-7-8-22-19(15-21)11-14-27(22)23(28)18-9-12-26(13-10-18)16-17-3-5-20(24)6-4-17/h3-8,15,18H,9-14,16H2,1-2H3. The van der Waals surface area contributed by atoms with Gasteiger partial charge in [-0.15, -0.1) is 0 Å². The van der Waals surface area contributed by atoms with Crippen molar-refractivity contribution in [3.8, 4) is 0 Å². The topological polar surface area (TPSA) is 60.9 Å². The summed E-state index contributed by atoms with van der Waals surface area (Å²) in [5.41, 5.74) is 2.81. The number of carbonyl (C=O) groups is 1. The molecular weight excluding hydrogens is 417 g/mol. The number of benzene rings is 2. The van der Waals surface area contributed by atoms with Crippen molar-refractivity contribution in [1.82, 2.24) is 9.21 Å². The van der Waals surface area contributed by atoms with Crippen LogP contribution in [0.1, 0.15) is 24.0 Å². The molecule has 0 spiro atoms. The largest absolute Gasteiger partial charge is 0.312 e. The van der Waals surface area contributed by atoms with Crippen LogP contribution in [0.15, 0.2) is 47.4 Å². The molecule has 1 amide bonds. The fourth-order valence-electron chi connectivity index (χ4n) is 4.38. The van der Waals surface area contributed by atoms with E-state index in [2.05, 4.69) is 4.90 Å². The third-order valence-corrected chi connectivity index (χ3v) is 8.06. The summed E-state index contributed by atoms with van der Waals surface area (Å²) in [7, 11) is -0.458. The molecule has 2 heterocycles. The highest BCUT2D eigenvalue weighted by molar-refractivity contribution is 7.89. The van der Waals surface area contributed by atoms with Crippen LogP contribution < -0.4 is 4.90 Å². The third-order valence-electron chi connectivity index (χ3n) is 6.25. The maximum Gasteiger partial charge on any atom is 0.242 e. The SMILES string of the molecule is CN(C)S(=O)(=O)c1ccc2c(c1)CCN2C(=O)C1CCN(Cc2ccc(F)cc2)CC1. The second-order valence-corrected chi connectivity index (χ2v) is 10.6. The second-order valence-electron chi connectivity index (χ2n) is 8.49. The molecule has 0 aliphatic carbocycles. The molecule has 0 unspecified atom stereocenters. The number of sulfonamides is 1. The normalized spacial score (nSPS) is 17.9. The molecule has 2 aliphatic heterocycles. The van der Waals surface area contributed by atoms with Crippen LogP contribution in [0, 0.1) is 11.7 Å². The minimum atomic E-state index is -3.49. The fourth-order valence-corrected chi connectivity index (χ4v) is 5.34. The van der Waals surface area contributed by atoms with Crippen molar-refractivity contribution in [1.29, 1.82) is 0 Å². The van der Waals surface area contributed by atoms with Gasteiger partial charge in [0.15, 0.2) is 0 Å². The number of hydrogen-bond donors (Lipinski definition) is 0. The number of anilines is 1. The number of fused-ring (bicyclic) bond motifs is 1. The van der Waals surface area contributed by atoms with Gasteiger partial charge in [0.1, 0.15) is 5.82 Å². The molecule has 4 rings (SSSR count). The molecule has 6 nitrogen and oxygen atoms in total. The summed E-state index contributed by atoms with van der Waals surface area (Å²) in [6.07, 6.45) is 2.25. The van der Waals surface area contributed by atoms with Crippen LogP contribution in [0.25, 0.3) is 0 Å². The van der Waals surface area contributed by atoms with E-state index >= 15 is 0 Å². The molecular formula is C23H28FN3O3S. The molecule has 2 aromatic carbocycles. The van der Waals surface area contributed by atoms with Crippen LogP contribution in [-0.4, -0.2) is 57.3 Å². The molecule has 2 aromatic rings. The summed E-state index contributed by atoms with van der Waals surface area (Å²) in [5, 5.41) is 0. The van der Waals surface area contributed by atoms with Crippen molar-refractivity contribution < 1.29 is 17.6 Å². The summed E-state index contributed by atoms with van der Waals surface area (Å²) in [5.74, 6) is -0.130. The van der Waals surface area contributed by atoms with Crippen molar-refractivity contribution in [2.75, 3.05) is 38.6 Å². The lowest BCUT2D eigenvalue weighted by Crippen LogP contribution is -2.41. The van der Waals surface area contributed by atoms with E-state index in [9.17, 15) is 17.6 Å². The van der Waals surface area contributed by atoms with Gasteiger partial charge in [0.2, 0.25) is 15.9 Å². The van der Waals surface area contributed by atoms with Gasteiger partial charge >= 0.3 is 0 Å². The van der Waals surface area contributed by atoms with Crippen LogP contribution in [-0.2, 0) is 27.8 Å². The summed E-state index contributed by atoms with van der Waals surface area (Å²) < 4.78 is 39.1. The lowest BCUT2D eigenvalue weighted by atomic mass is 9.95. The van der Waals surface area contributed by atoms with Gasteiger partial charge in [0.25, 0.3) is 0 Å². The maximum atomic E-state index is 13.2. The van der Waals surface area contributed by atoms with Gasteiger partial charge in [-0.1, -0.05) is 12.1 Å². The number of piperidine rings is 1. The average Bonchev–Trinajstić information content (AvgIpc) is 3.18. The van der Waals surface area contributed by atoms with Crippen LogP contribution >= 0.6 is 0 Å². The number of rotatable bonds is 5. The molecule has 166 valence electrons. The highest BCUT2D eigenvalue weighted by atomic mass is 32.2. The maximum absolute atomic E-state index is 13.2. The average molecular weight is 446 g/mol. The van der Waals surface area contributed by atoms with Crippen molar-refractivity contribution in [3.63, 3.8) is 0 Å². The Morgan fingerprint density at radius 2 is 1.74 bits per heavy atom. The first-order valence-electron chi connectivity index (χ1n) is 10.6. The van der Waals surface area contributed by atoms with Crippen molar-refractivity contribution in [2.24, 2.45) is 5.92 Å². The highest BCUT2D eigenvalue weighted by Gasteiger charge is 2.33. The Balaban J connectivity index is 1.39. The molecule has 0 aromatic heterocycles. The Morgan fingerprint density at radius 3 is 2.39 bits per heavy atom. The first-order valence-corrected chi connectivity index (χ1v) is 12.0. The summed E-state index contributed by atoms with van der Waals surface area (Å²) in [6, 6.07) is 11.6. The van der Waals surface area contributed by atoms with E-state index in [4.69, 9.17) is 0 Å². The molecule has 0 atom stereocenters. The van der Waals surface area contributed by atoms with Crippen molar-refractivity contribution >= 4 is 21.6 Å². The lowest BCUT2D eigenvalue weighted by molar-refractivity contribution is -0.123. The zero-order valence-electron chi connectivity index (χ0n) is 17.9. The van der Waals surface area contributed by atoms with Crippen LogP contribution in [0.4, 0.5) is 10.1 Å². The predicted molar refractivity (Wildman–Crippen MR) is 118 cm³/mol. The Bertz CT molecular complexity index is 1060. The minimum Gasteiger partial charge on any atom is -0.312 e. The monoisotopic (exact) mass is 445 g/mol. The summed E-state index contributed by atoms with van der Waals surface area (Å²) in [4.78, 5) is 17.6. The Morgan fingerprint density at radius 1 is 1.06 bits per heavy atom. The van der Waals surface area contributed by atoms with Crippen LogP contribution in [0.3, 0.4) is 0 Å². The van der Waals surface area contributed by atoms with Crippen molar-refractivity contribution in [2.45, 2.75) is 30.7 Å². The van der Waals surface area contributed by atoms with Gasteiger partial charge in [0, 0.05) is 38.8 Å². The quantitative estimate of drug-likeness (QED) is 0.710. The molecule has 31 heavy (non-hydrogen) atoms. The second kappa shape index (κ2) is 8.68. The van der Waals surface area contributed by atoms with E-state index in [0.29, 0.717) is 13.0 Å². The Kier molecular flexibility index (Phi) is 6.14. The molecule has 2 aliphatic rings. The van der Waals surface area contributed by atoms with Gasteiger partial charge in [0.05, 0.1) is 4.90 Å². The van der Waals surface area contributed by atoms with Gasteiger partial charge < -0.3 is 4.90 Å². The zero-order valence-corrected chi connectivity index (χ0v) is 18.7. The lowest BCUT2D eigenvalue weighted by Gasteiger charge is -2.33. The third kappa shape index (κ3) is 4.51. The van der Waals surface area contributed by atoms with Crippen molar-refractivity contribution in [3.05, 3.63) is 59.4 Å². The van der Waals surface area contributed by atoms with Crippen LogP contribution in [0.2, 0.25) is 0 Å². The van der Waals surface area contributed by atoms with E-state index in [-0.39, 0.29) is 22.5 Å². The van der Waals surface area contributed by atoms with Gasteiger partial charge in [-0.25, -0.2) is 17.1 Å². The highest BCUT2D eigenvalue weighted by Crippen LogP contribution is 2.33. The number of halogens is 1. The van der Waals surface area contributed by atoms with E-state index < -0.39 is 10.0 Å². The fraction of sp³-hybridized carbons (Fsp3) is 0.435. The van der Waals surface area contributed by atoms with E-state index in [1.807, 2.05) is 4.90 Å². The molecule has 8 heteroatoms. The first-order chi connectivity index (χ1) is 14.8. The molecule has 0 bridgehead atoms. The summed E-state index contributed by atoms with van der Waals surface area (Å²) in [6.45, 7) is 3.01. The van der Waals surface area contributed by atoms with Crippen LogP contribution in [0.5, 0.6) is 0 Å². The number of carbonyl (C=O) groups excluding carboxylic acids is 1. The van der Waals surface area contributed by atoms with E-state index in [0.717, 1.165) is 49.3 Å². The van der Waals surface area contributed by atoms with E-state index in [1.54, 1.807) is 30.3 Å². The predicted octanol–water partition coefficient (Wildman–Crippen LogP) is 2.88. The first kappa shape index (κ1) is 21.9. The number of nitrogens with zero attached hydrogens (tertiary/aromatic N) is 3. The minimum absolute atomic E-state index is 0.0272. The molecule has 0 radical (unpaired) electrons. The Labute approximate surface area is 183 Å². The van der Waals surface area contributed by atoms with E-state index in [1.165, 1.54) is 30.5 Å². The van der Waals surface area contributed by atoms with Gasteiger partial charge in [-0.2, -0.15) is 0 Å². The number of likely N-dealkylation sites (tertiary alicyclic amines) is 1.